The SMILES string of the molecule is CC[C@@H](OC1CCCC1)C(=O)Nc1cc(Cl)ccc1NC(C)=O. The van der Waals surface area contributed by atoms with Crippen LogP contribution in [0.3, 0.4) is 0 Å². The van der Waals surface area contributed by atoms with Crippen LogP contribution < -0.4 is 10.6 Å². The van der Waals surface area contributed by atoms with Crippen molar-refractivity contribution < 1.29 is 14.3 Å². The molecule has 2 rings (SSSR count). The first-order chi connectivity index (χ1) is 11.0. The highest BCUT2D eigenvalue weighted by Gasteiger charge is 2.25. The van der Waals surface area contributed by atoms with Gasteiger partial charge in [-0.1, -0.05) is 31.4 Å². The number of carbonyl (C=O) groups is 2. The summed E-state index contributed by atoms with van der Waals surface area (Å²) in [6.07, 6.45) is 4.60. The summed E-state index contributed by atoms with van der Waals surface area (Å²) in [7, 11) is 0. The molecule has 0 spiro atoms. The normalized spacial score (nSPS) is 16.1. The molecule has 6 heteroatoms. The number of hydrogen-bond donors (Lipinski definition) is 2. The first-order valence-corrected chi connectivity index (χ1v) is 8.41. The summed E-state index contributed by atoms with van der Waals surface area (Å²) in [5, 5.41) is 5.99. The van der Waals surface area contributed by atoms with Crippen LogP contribution in [0.4, 0.5) is 11.4 Å². The largest absolute Gasteiger partial charge is 0.365 e. The Morgan fingerprint density at radius 3 is 2.57 bits per heavy atom. The molecule has 23 heavy (non-hydrogen) atoms. The van der Waals surface area contributed by atoms with Crippen molar-refractivity contribution in [3.63, 3.8) is 0 Å². The van der Waals surface area contributed by atoms with E-state index in [0.29, 0.717) is 22.8 Å². The second kappa shape index (κ2) is 8.31. The van der Waals surface area contributed by atoms with Gasteiger partial charge in [-0.3, -0.25) is 9.59 Å². The van der Waals surface area contributed by atoms with Gasteiger partial charge in [-0.15, -0.1) is 0 Å². The van der Waals surface area contributed by atoms with Crippen molar-refractivity contribution in [3.8, 4) is 0 Å². The predicted molar refractivity (Wildman–Crippen MR) is 91.8 cm³/mol. The van der Waals surface area contributed by atoms with Gasteiger partial charge < -0.3 is 15.4 Å². The monoisotopic (exact) mass is 338 g/mol. The lowest BCUT2D eigenvalue weighted by Gasteiger charge is -2.21. The van der Waals surface area contributed by atoms with Gasteiger partial charge in [-0.2, -0.15) is 0 Å². The molecular formula is C17H23ClN2O3. The first-order valence-electron chi connectivity index (χ1n) is 8.03. The molecule has 1 saturated carbocycles. The van der Waals surface area contributed by atoms with Crippen LogP contribution in [-0.4, -0.2) is 24.0 Å². The highest BCUT2D eigenvalue weighted by atomic mass is 35.5. The number of halogens is 1. The minimum absolute atomic E-state index is 0.167. The number of amides is 2. The van der Waals surface area contributed by atoms with Crippen LogP contribution in [0.25, 0.3) is 0 Å². The van der Waals surface area contributed by atoms with Gasteiger partial charge in [0.15, 0.2) is 0 Å². The van der Waals surface area contributed by atoms with Crippen LogP contribution in [0.2, 0.25) is 5.02 Å². The van der Waals surface area contributed by atoms with E-state index in [1.54, 1.807) is 18.2 Å². The van der Waals surface area contributed by atoms with E-state index in [-0.39, 0.29) is 17.9 Å². The molecule has 1 fully saturated rings. The Labute approximate surface area is 141 Å². The molecule has 5 nitrogen and oxygen atoms in total. The quantitative estimate of drug-likeness (QED) is 0.824. The van der Waals surface area contributed by atoms with Gasteiger partial charge in [0, 0.05) is 11.9 Å². The van der Waals surface area contributed by atoms with E-state index < -0.39 is 6.10 Å². The van der Waals surface area contributed by atoms with Gasteiger partial charge >= 0.3 is 0 Å². The van der Waals surface area contributed by atoms with Crippen LogP contribution >= 0.6 is 11.6 Å². The highest BCUT2D eigenvalue weighted by Crippen LogP contribution is 2.27. The first kappa shape index (κ1) is 17.8. The van der Waals surface area contributed by atoms with Gasteiger partial charge in [0.2, 0.25) is 5.91 Å². The number of rotatable bonds is 6. The van der Waals surface area contributed by atoms with Crippen molar-refractivity contribution in [2.75, 3.05) is 10.6 Å². The number of anilines is 2. The van der Waals surface area contributed by atoms with Gasteiger partial charge in [0.1, 0.15) is 6.10 Å². The molecule has 1 aliphatic rings. The van der Waals surface area contributed by atoms with Crippen LogP contribution in [0, 0.1) is 0 Å². The summed E-state index contributed by atoms with van der Waals surface area (Å²) >= 11 is 5.99. The molecule has 1 aliphatic carbocycles. The Balaban J connectivity index is 2.07. The molecular weight excluding hydrogens is 316 g/mol. The topological polar surface area (TPSA) is 67.4 Å². The Hall–Kier alpha value is -1.59. The van der Waals surface area contributed by atoms with Crippen molar-refractivity contribution >= 4 is 34.8 Å². The lowest BCUT2D eigenvalue weighted by atomic mass is 10.2. The lowest BCUT2D eigenvalue weighted by molar-refractivity contribution is -0.131. The average Bonchev–Trinajstić information content (AvgIpc) is 3.00. The molecule has 1 aromatic rings. The molecule has 0 heterocycles. The molecule has 0 saturated heterocycles. The second-order valence-electron chi connectivity index (χ2n) is 5.80. The lowest BCUT2D eigenvalue weighted by Crippen LogP contribution is -2.33. The maximum atomic E-state index is 12.5. The summed E-state index contributed by atoms with van der Waals surface area (Å²) in [6, 6.07) is 4.94. The van der Waals surface area contributed by atoms with Crippen molar-refractivity contribution in [2.45, 2.75) is 58.2 Å². The Kier molecular flexibility index (Phi) is 6.42. The molecule has 1 aromatic carbocycles. The Morgan fingerprint density at radius 1 is 1.26 bits per heavy atom. The third-order valence-electron chi connectivity index (χ3n) is 3.87. The summed E-state index contributed by atoms with van der Waals surface area (Å²) in [6.45, 7) is 3.34. The van der Waals surface area contributed by atoms with Crippen molar-refractivity contribution in [1.82, 2.24) is 0 Å². The second-order valence-corrected chi connectivity index (χ2v) is 6.24. The van der Waals surface area contributed by atoms with E-state index in [0.717, 1.165) is 25.7 Å². The molecule has 0 radical (unpaired) electrons. The average molecular weight is 339 g/mol. The minimum Gasteiger partial charge on any atom is -0.365 e. The smallest absolute Gasteiger partial charge is 0.253 e. The zero-order valence-corrected chi connectivity index (χ0v) is 14.3. The number of ether oxygens (including phenoxy) is 1. The van der Waals surface area contributed by atoms with E-state index in [9.17, 15) is 9.59 Å². The van der Waals surface area contributed by atoms with Crippen molar-refractivity contribution in [3.05, 3.63) is 23.2 Å². The molecule has 2 N–H and O–H groups in total. The Bertz CT molecular complexity index is 571. The van der Waals surface area contributed by atoms with Crippen LogP contribution in [-0.2, 0) is 14.3 Å². The van der Waals surface area contributed by atoms with Gasteiger partial charge in [0.05, 0.1) is 17.5 Å². The van der Waals surface area contributed by atoms with E-state index in [1.165, 1.54) is 6.92 Å². The summed E-state index contributed by atoms with van der Waals surface area (Å²) in [5.41, 5.74) is 0.997. The third-order valence-corrected chi connectivity index (χ3v) is 4.11. The van der Waals surface area contributed by atoms with Gasteiger partial charge in [-0.25, -0.2) is 0 Å². The van der Waals surface area contributed by atoms with Gasteiger partial charge in [-0.05, 0) is 37.5 Å². The van der Waals surface area contributed by atoms with Crippen molar-refractivity contribution in [1.29, 1.82) is 0 Å². The summed E-state index contributed by atoms with van der Waals surface area (Å²) in [4.78, 5) is 23.8. The fourth-order valence-corrected chi connectivity index (χ4v) is 2.90. The molecule has 0 aliphatic heterocycles. The van der Waals surface area contributed by atoms with E-state index in [4.69, 9.17) is 16.3 Å². The summed E-state index contributed by atoms with van der Waals surface area (Å²) < 4.78 is 5.91. The van der Waals surface area contributed by atoms with E-state index in [2.05, 4.69) is 10.6 Å². The maximum Gasteiger partial charge on any atom is 0.253 e. The molecule has 0 aromatic heterocycles. The Morgan fingerprint density at radius 2 is 1.96 bits per heavy atom. The van der Waals surface area contributed by atoms with Gasteiger partial charge in [0.25, 0.3) is 5.91 Å². The number of benzene rings is 1. The van der Waals surface area contributed by atoms with E-state index >= 15 is 0 Å². The van der Waals surface area contributed by atoms with Crippen LogP contribution in [0.5, 0.6) is 0 Å². The zero-order chi connectivity index (χ0) is 16.8. The molecule has 1 atom stereocenters. The number of hydrogen-bond acceptors (Lipinski definition) is 3. The molecule has 0 unspecified atom stereocenters. The zero-order valence-electron chi connectivity index (χ0n) is 13.5. The van der Waals surface area contributed by atoms with Crippen molar-refractivity contribution in [2.24, 2.45) is 0 Å². The molecule has 2 amide bonds. The fraction of sp³-hybridized carbons (Fsp3) is 0.529. The number of nitrogens with one attached hydrogen (secondary N) is 2. The van der Waals surface area contributed by atoms with Crippen LogP contribution in [0.15, 0.2) is 18.2 Å². The summed E-state index contributed by atoms with van der Waals surface area (Å²) in [5.74, 6) is -0.426. The number of carbonyl (C=O) groups excluding carboxylic acids is 2. The highest BCUT2D eigenvalue weighted by molar-refractivity contribution is 6.31. The third kappa shape index (κ3) is 5.22. The predicted octanol–water partition coefficient (Wildman–Crippen LogP) is 3.97. The fourth-order valence-electron chi connectivity index (χ4n) is 2.73. The van der Waals surface area contributed by atoms with E-state index in [1.807, 2.05) is 6.92 Å². The standard InChI is InChI=1S/C17H23ClN2O3/c1-3-16(23-13-6-4-5-7-13)17(22)20-15-10-12(18)8-9-14(15)19-11(2)21/h8-10,13,16H,3-7H2,1-2H3,(H,19,21)(H,20,22)/t16-/m1/s1. The minimum atomic E-state index is -0.498. The molecule has 126 valence electrons. The maximum absolute atomic E-state index is 12.5. The van der Waals surface area contributed by atoms with Crippen LogP contribution in [0.1, 0.15) is 46.0 Å². The molecule has 0 bridgehead atoms.